The van der Waals surface area contributed by atoms with Gasteiger partial charge in [0.05, 0.1) is 21.1 Å². The number of carbonyl (C=O) groups excluding carboxylic acids is 2. The molecule has 0 aromatic heterocycles. The molecule has 7 nitrogen and oxygen atoms in total. The summed E-state index contributed by atoms with van der Waals surface area (Å²) < 4.78 is 12.1. The van der Waals surface area contributed by atoms with Gasteiger partial charge in [-0.2, -0.15) is 0 Å². The third-order valence-corrected chi connectivity index (χ3v) is 5.91. The SMILES string of the molecule is CCC.CCOC(=O)CN(C)C(=O)c1cc(Oc2c(Br)cc(CP(C)O)cc2Br)ccc1O. The first-order valence-electron chi connectivity index (χ1n) is 10.3. The highest BCUT2D eigenvalue weighted by molar-refractivity contribution is 9.11. The first-order valence-corrected chi connectivity index (χ1v) is 13.8. The highest BCUT2D eigenvalue weighted by atomic mass is 79.9. The lowest BCUT2D eigenvalue weighted by molar-refractivity contribution is -0.143. The van der Waals surface area contributed by atoms with E-state index in [4.69, 9.17) is 9.47 Å². The Bertz CT molecular complexity index is 932. The summed E-state index contributed by atoms with van der Waals surface area (Å²) in [4.78, 5) is 35.1. The van der Waals surface area contributed by atoms with E-state index in [1.54, 1.807) is 13.6 Å². The zero-order chi connectivity index (χ0) is 25.1. The van der Waals surface area contributed by atoms with Crippen LogP contribution in [0.5, 0.6) is 17.2 Å². The first kappa shape index (κ1) is 29.4. The van der Waals surface area contributed by atoms with Crippen LogP contribution in [0.1, 0.15) is 43.1 Å². The molecule has 0 saturated carbocycles. The van der Waals surface area contributed by atoms with E-state index in [2.05, 4.69) is 45.7 Å². The van der Waals surface area contributed by atoms with E-state index in [-0.39, 0.29) is 24.5 Å². The van der Waals surface area contributed by atoms with Crippen molar-refractivity contribution in [2.75, 3.05) is 26.9 Å². The number of ether oxygens (including phenoxy) is 2. The second-order valence-electron chi connectivity index (χ2n) is 7.16. The Morgan fingerprint density at radius 2 is 1.67 bits per heavy atom. The number of hydrogen-bond acceptors (Lipinski definition) is 6. The Hall–Kier alpha value is -1.67. The van der Waals surface area contributed by atoms with Crippen molar-refractivity contribution in [2.45, 2.75) is 33.4 Å². The van der Waals surface area contributed by atoms with Crippen LogP contribution in [0.4, 0.5) is 0 Å². The maximum atomic E-state index is 12.7. The summed E-state index contributed by atoms with van der Waals surface area (Å²) in [6.45, 7) is 7.69. The number of benzene rings is 2. The Labute approximate surface area is 213 Å². The topological polar surface area (TPSA) is 96.3 Å². The molecule has 0 spiro atoms. The monoisotopic (exact) mass is 605 g/mol. The summed E-state index contributed by atoms with van der Waals surface area (Å²) in [5, 5.41) is 10.1. The summed E-state index contributed by atoms with van der Waals surface area (Å²) in [7, 11) is 0.371. The summed E-state index contributed by atoms with van der Waals surface area (Å²) in [5.74, 6) is -0.489. The normalized spacial score (nSPS) is 11.2. The molecule has 1 atom stereocenters. The number of nitrogens with zero attached hydrogens (tertiary/aromatic N) is 1. The van der Waals surface area contributed by atoms with Crippen LogP contribution < -0.4 is 4.74 Å². The fourth-order valence-corrected chi connectivity index (χ4v) is 4.77. The quantitative estimate of drug-likeness (QED) is 0.271. The molecule has 0 saturated heterocycles. The average molecular weight is 607 g/mol. The zero-order valence-corrected chi connectivity index (χ0v) is 23.5. The summed E-state index contributed by atoms with van der Waals surface area (Å²) in [5.41, 5.74) is 0.944. The molecule has 1 unspecified atom stereocenters. The molecular formula is C23H30Br2NO6P. The van der Waals surface area contributed by atoms with Gasteiger partial charge in [-0.1, -0.05) is 20.3 Å². The van der Waals surface area contributed by atoms with Gasteiger partial charge in [-0.15, -0.1) is 0 Å². The molecular weight excluding hydrogens is 577 g/mol. The molecule has 0 aliphatic heterocycles. The number of likely N-dealkylation sites (N-methyl/N-ethyl adjacent to an activating group) is 1. The Balaban J connectivity index is 0.00000172. The second kappa shape index (κ2) is 14.6. The number of amides is 1. The van der Waals surface area contributed by atoms with Crippen LogP contribution in [0.15, 0.2) is 39.3 Å². The van der Waals surface area contributed by atoms with Gasteiger partial charge in [-0.25, -0.2) is 0 Å². The molecule has 2 rings (SSSR count). The lowest BCUT2D eigenvalue weighted by atomic mass is 10.1. The van der Waals surface area contributed by atoms with E-state index in [0.717, 1.165) is 10.5 Å². The molecule has 0 radical (unpaired) electrons. The van der Waals surface area contributed by atoms with Crippen molar-refractivity contribution < 1.29 is 29.1 Å². The summed E-state index contributed by atoms with van der Waals surface area (Å²) >= 11 is 6.93. The van der Waals surface area contributed by atoms with Gasteiger partial charge in [-0.05, 0) is 81.3 Å². The van der Waals surface area contributed by atoms with Gasteiger partial charge in [0.1, 0.15) is 18.0 Å². The predicted octanol–water partition coefficient (Wildman–Crippen LogP) is 6.28. The molecule has 33 heavy (non-hydrogen) atoms. The van der Waals surface area contributed by atoms with E-state index in [0.29, 0.717) is 26.6 Å². The van der Waals surface area contributed by atoms with E-state index in [1.165, 1.54) is 31.7 Å². The van der Waals surface area contributed by atoms with Crippen molar-refractivity contribution in [1.82, 2.24) is 4.90 Å². The summed E-state index contributed by atoms with van der Waals surface area (Å²) in [6, 6.07) is 8.00. The van der Waals surface area contributed by atoms with Crippen LogP contribution in [0.25, 0.3) is 0 Å². The van der Waals surface area contributed by atoms with Crippen LogP contribution in [-0.4, -0.2) is 53.6 Å². The minimum absolute atomic E-state index is 0.0000637. The molecule has 182 valence electrons. The van der Waals surface area contributed by atoms with Gasteiger partial charge in [0.2, 0.25) is 0 Å². The summed E-state index contributed by atoms with van der Waals surface area (Å²) in [6.07, 6.45) is 1.80. The van der Waals surface area contributed by atoms with Crippen molar-refractivity contribution in [3.8, 4) is 17.2 Å². The van der Waals surface area contributed by atoms with Crippen LogP contribution >= 0.6 is 40.0 Å². The third kappa shape index (κ3) is 9.61. The van der Waals surface area contributed by atoms with Crippen molar-refractivity contribution in [3.63, 3.8) is 0 Å². The van der Waals surface area contributed by atoms with Crippen molar-refractivity contribution >= 4 is 51.9 Å². The Morgan fingerprint density at radius 1 is 1.09 bits per heavy atom. The highest BCUT2D eigenvalue weighted by Gasteiger charge is 2.20. The van der Waals surface area contributed by atoms with Gasteiger partial charge in [0.25, 0.3) is 5.91 Å². The van der Waals surface area contributed by atoms with E-state index in [9.17, 15) is 19.6 Å². The number of carbonyl (C=O) groups is 2. The van der Waals surface area contributed by atoms with Crippen LogP contribution in [-0.2, 0) is 15.7 Å². The second-order valence-corrected chi connectivity index (χ2v) is 10.5. The largest absolute Gasteiger partial charge is 0.507 e. The molecule has 0 heterocycles. The molecule has 0 aliphatic carbocycles. The lowest BCUT2D eigenvalue weighted by Gasteiger charge is -2.18. The minimum atomic E-state index is -1.08. The van der Waals surface area contributed by atoms with Gasteiger partial charge in [0, 0.05) is 21.4 Å². The number of phenolic OH excluding ortho intramolecular Hbond substituents is 1. The van der Waals surface area contributed by atoms with Crippen LogP contribution in [0.3, 0.4) is 0 Å². The first-order chi connectivity index (χ1) is 15.5. The number of phenols is 1. The maximum Gasteiger partial charge on any atom is 0.325 e. The van der Waals surface area contributed by atoms with E-state index >= 15 is 0 Å². The molecule has 2 aromatic rings. The molecule has 0 bridgehead atoms. The number of aromatic hydroxyl groups is 1. The fourth-order valence-electron chi connectivity index (χ4n) is 2.61. The average Bonchev–Trinajstić information content (AvgIpc) is 2.71. The van der Waals surface area contributed by atoms with Crippen molar-refractivity contribution in [2.24, 2.45) is 0 Å². The zero-order valence-electron chi connectivity index (χ0n) is 19.4. The number of hydrogen-bond donors (Lipinski definition) is 2. The van der Waals surface area contributed by atoms with Crippen LogP contribution in [0.2, 0.25) is 0 Å². The van der Waals surface area contributed by atoms with Gasteiger partial charge < -0.3 is 24.4 Å². The van der Waals surface area contributed by atoms with E-state index in [1.807, 2.05) is 12.1 Å². The lowest BCUT2D eigenvalue weighted by Crippen LogP contribution is -2.33. The molecule has 0 aliphatic rings. The van der Waals surface area contributed by atoms with Gasteiger partial charge in [-0.3, -0.25) is 9.59 Å². The highest BCUT2D eigenvalue weighted by Crippen LogP contribution is 2.41. The standard InChI is InChI=1S/C20H22Br2NO6P.C3H8/c1-4-28-18(25)10-23(2)20(26)14-9-13(5-6-17(14)24)29-19-15(21)7-12(8-16(19)22)11-30(3)27;1-3-2/h5-9,24,27H,4,10-11H2,1-3H3;3H2,1-2H3. The number of rotatable bonds is 8. The molecule has 10 heteroatoms. The van der Waals surface area contributed by atoms with Crippen LogP contribution in [0, 0.1) is 0 Å². The number of esters is 1. The van der Waals surface area contributed by atoms with E-state index < -0.39 is 20.0 Å². The van der Waals surface area contributed by atoms with Crippen molar-refractivity contribution in [3.05, 3.63) is 50.4 Å². The Morgan fingerprint density at radius 3 is 2.18 bits per heavy atom. The predicted molar refractivity (Wildman–Crippen MR) is 138 cm³/mol. The molecule has 2 N–H and O–H groups in total. The van der Waals surface area contributed by atoms with Gasteiger partial charge in [0.15, 0.2) is 5.75 Å². The Kier molecular flexibility index (Phi) is 13.0. The van der Waals surface area contributed by atoms with Gasteiger partial charge >= 0.3 is 5.97 Å². The number of halogens is 2. The minimum Gasteiger partial charge on any atom is -0.507 e. The maximum absolute atomic E-state index is 12.7. The smallest absolute Gasteiger partial charge is 0.325 e. The molecule has 2 aromatic carbocycles. The molecule has 1 amide bonds. The van der Waals surface area contributed by atoms with Crippen molar-refractivity contribution in [1.29, 1.82) is 0 Å². The fraction of sp³-hybridized carbons (Fsp3) is 0.391. The third-order valence-electron chi connectivity index (χ3n) is 3.91. The molecule has 0 fully saturated rings.